The Hall–Kier alpha value is -2.13. The van der Waals surface area contributed by atoms with Crippen LogP contribution in [0.25, 0.3) is 11.1 Å². The molecule has 0 saturated heterocycles. The fourth-order valence-corrected chi connectivity index (χ4v) is 2.55. The molecule has 0 fully saturated rings. The highest BCUT2D eigenvalue weighted by Gasteiger charge is 2.15. The molecule has 0 radical (unpaired) electrons. The Morgan fingerprint density at radius 2 is 1.70 bits per heavy atom. The lowest BCUT2D eigenvalue weighted by Gasteiger charge is -2.11. The number of pyridine rings is 1. The number of aromatic nitrogens is 1. The average Bonchev–Trinajstić information content (AvgIpc) is 2.79. The molecule has 2 aromatic heterocycles. The number of benzene rings is 1. The van der Waals surface area contributed by atoms with E-state index in [2.05, 4.69) is 37.0 Å². The highest BCUT2D eigenvalue weighted by molar-refractivity contribution is 5.73. The van der Waals surface area contributed by atoms with Gasteiger partial charge < -0.3 is 10.2 Å². The number of aryl methyl sites for hydroxylation is 3. The van der Waals surface area contributed by atoms with E-state index in [0.29, 0.717) is 0 Å². The third kappa shape index (κ3) is 2.32. The first-order chi connectivity index (χ1) is 9.52. The zero-order valence-electron chi connectivity index (χ0n) is 12.0. The molecule has 2 N–H and O–H groups in total. The lowest BCUT2D eigenvalue weighted by atomic mass is 10.0. The first kappa shape index (κ1) is 12.9. The van der Waals surface area contributed by atoms with Crippen molar-refractivity contribution in [3.05, 3.63) is 64.5 Å². The molecule has 1 atom stereocenters. The molecule has 0 aliphatic carbocycles. The van der Waals surface area contributed by atoms with Gasteiger partial charge in [-0.1, -0.05) is 29.3 Å². The minimum absolute atomic E-state index is 0.261. The van der Waals surface area contributed by atoms with Crippen LogP contribution in [0.5, 0.6) is 0 Å². The van der Waals surface area contributed by atoms with E-state index in [1.807, 2.05) is 25.1 Å². The minimum atomic E-state index is -0.261. The van der Waals surface area contributed by atoms with Crippen LogP contribution in [0.1, 0.15) is 34.2 Å². The summed E-state index contributed by atoms with van der Waals surface area (Å²) in [6, 6.07) is 11.9. The van der Waals surface area contributed by atoms with Crippen molar-refractivity contribution in [3.63, 3.8) is 0 Å². The molecule has 0 aliphatic heterocycles. The summed E-state index contributed by atoms with van der Waals surface area (Å²) in [7, 11) is 0. The number of fused-ring (bicyclic) bond motifs is 1. The highest BCUT2D eigenvalue weighted by atomic mass is 16.3. The average molecular weight is 266 g/mol. The van der Waals surface area contributed by atoms with Gasteiger partial charge in [-0.15, -0.1) is 0 Å². The summed E-state index contributed by atoms with van der Waals surface area (Å²) in [5, 5.41) is 0. The number of nitrogens with two attached hydrogens (primary N) is 1. The van der Waals surface area contributed by atoms with Crippen LogP contribution in [0.2, 0.25) is 0 Å². The molecular weight excluding hydrogens is 248 g/mol. The molecule has 0 bridgehead atoms. The Morgan fingerprint density at radius 3 is 2.40 bits per heavy atom. The molecule has 0 saturated carbocycles. The number of hydrogen-bond donors (Lipinski definition) is 1. The van der Waals surface area contributed by atoms with Crippen molar-refractivity contribution >= 4 is 11.1 Å². The summed E-state index contributed by atoms with van der Waals surface area (Å²) in [4.78, 5) is 4.46. The van der Waals surface area contributed by atoms with E-state index < -0.39 is 0 Å². The van der Waals surface area contributed by atoms with Crippen LogP contribution in [0, 0.1) is 20.8 Å². The van der Waals surface area contributed by atoms with Crippen molar-refractivity contribution in [1.29, 1.82) is 0 Å². The van der Waals surface area contributed by atoms with Crippen molar-refractivity contribution in [2.75, 3.05) is 0 Å². The highest BCUT2D eigenvalue weighted by Crippen LogP contribution is 2.27. The molecule has 0 aliphatic rings. The Balaban J connectivity index is 2.05. The maximum Gasteiger partial charge on any atom is 0.152 e. The smallest absolute Gasteiger partial charge is 0.152 e. The fourth-order valence-electron chi connectivity index (χ4n) is 2.55. The van der Waals surface area contributed by atoms with Crippen molar-refractivity contribution in [3.8, 4) is 0 Å². The number of hydrogen-bond acceptors (Lipinski definition) is 3. The predicted octanol–water partition coefficient (Wildman–Crippen LogP) is 3.80. The van der Waals surface area contributed by atoms with Crippen molar-refractivity contribution < 1.29 is 4.42 Å². The molecule has 1 aromatic carbocycles. The SMILES string of the molecule is Cc1cc(C)cc(C(N)c2cc3nc(C)ccc3o2)c1. The molecule has 3 nitrogen and oxygen atoms in total. The maximum absolute atomic E-state index is 6.33. The number of furan rings is 1. The molecule has 20 heavy (non-hydrogen) atoms. The Morgan fingerprint density at radius 1 is 1.00 bits per heavy atom. The summed E-state index contributed by atoms with van der Waals surface area (Å²) in [5.41, 5.74) is 12.4. The van der Waals surface area contributed by atoms with Crippen LogP contribution < -0.4 is 5.73 Å². The number of nitrogens with zero attached hydrogens (tertiary/aromatic N) is 1. The largest absolute Gasteiger partial charge is 0.457 e. The summed E-state index contributed by atoms with van der Waals surface area (Å²) in [6.45, 7) is 6.12. The van der Waals surface area contributed by atoms with Gasteiger partial charge in [0.2, 0.25) is 0 Å². The summed E-state index contributed by atoms with van der Waals surface area (Å²) in [5.74, 6) is 0.753. The lowest BCUT2D eigenvalue weighted by Crippen LogP contribution is -2.11. The van der Waals surface area contributed by atoms with E-state index in [0.717, 1.165) is 28.1 Å². The molecule has 0 spiro atoms. The van der Waals surface area contributed by atoms with E-state index >= 15 is 0 Å². The van der Waals surface area contributed by atoms with Gasteiger partial charge in [-0.25, -0.2) is 4.98 Å². The van der Waals surface area contributed by atoms with E-state index in [-0.39, 0.29) is 6.04 Å². The normalized spacial score (nSPS) is 12.8. The van der Waals surface area contributed by atoms with E-state index in [1.54, 1.807) is 0 Å². The summed E-state index contributed by atoms with van der Waals surface area (Å²) < 4.78 is 5.83. The third-order valence-electron chi connectivity index (χ3n) is 3.44. The standard InChI is InChI=1S/C17H18N2O/c1-10-6-11(2)8-13(7-10)17(18)16-9-14-15(20-16)5-4-12(3)19-14/h4-9,17H,18H2,1-3H3. The maximum atomic E-state index is 6.33. The van der Waals surface area contributed by atoms with Gasteiger partial charge in [0.05, 0.1) is 6.04 Å². The molecule has 1 unspecified atom stereocenters. The second-order valence-corrected chi connectivity index (χ2v) is 5.38. The Bertz CT molecular complexity index is 754. The van der Waals surface area contributed by atoms with Gasteiger partial charge in [0.25, 0.3) is 0 Å². The lowest BCUT2D eigenvalue weighted by molar-refractivity contribution is 0.525. The first-order valence-electron chi connectivity index (χ1n) is 6.74. The third-order valence-corrected chi connectivity index (χ3v) is 3.44. The van der Waals surface area contributed by atoms with E-state index in [4.69, 9.17) is 10.2 Å². The zero-order valence-corrected chi connectivity index (χ0v) is 12.0. The monoisotopic (exact) mass is 266 g/mol. The van der Waals surface area contributed by atoms with Crippen LogP contribution in [0.15, 0.2) is 40.8 Å². The van der Waals surface area contributed by atoms with Crippen LogP contribution in [-0.4, -0.2) is 4.98 Å². The minimum Gasteiger partial charge on any atom is -0.457 e. The zero-order chi connectivity index (χ0) is 14.3. The van der Waals surface area contributed by atoms with Crippen molar-refractivity contribution in [1.82, 2.24) is 4.98 Å². The fraction of sp³-hybridized carbons (Fsp3) is 0.235. The van der Waals surface area contributed by atoms with Gasteiger partial charge in [-0.05, 0) is 38.5 Å². The predicted molar refractivity (Wildman–Crippen MR) is 80.7 cm³/mol. The van der Waals surface area contributed by atoms with Crippen LogP contribution in [0.4, 0.5) is 0 Å². The topological polar surface area (TPSA) is 52.0 Å². The van der Waals surface area contributed by atoms with Gasteiger partial charge in [0.15, 0.2) is 5.58 Å². The van der Waals surface area contributed by atoms with Gasteiger partial charge in [0, 0.05) is 11.8 Å². The van der Waals surface area contributed by atoms with Gasteiger partial charge in [0.1, 0.15) is 11.3 Å². The molecule has 3 heteroatoms. The molecule has 3 rings (SSSR count). The molecule has 2 heterocycles. The number of rotatable bonds is 2. The molecule has 102 valence electrons. The first-order valence-corrected chi connectivity index (χ1v) is 6.74. The summed E-state index contributed by atoms with van der Waals surface area (Å²) in [6.07, 6.45) is 0. The molecule has 0 amide bonds. The van der Waals surface area contributed by atoms with Gasteiger partial charge in [-0.2, -0.15) is 0 Å². The second kappa shape index (κ2) is 4.76. The van der Waals surface area contributed by atoms with Crippen LogP contribution in [0.3, 0.4) is 0 Å². The van der Waals surface area contributed by atoms with Gasteiger partial charge >= 0.3 is 0 Å². The van der Waals surface area contributed by atoms with E-state index in [9.17, 15) is 0 Å². The summed E-state index contributed by atoms with van der Waals surface area (Å²) >= 11 is 0. The molecule has 3 aromatic rings. The second-order valence-electron chi connectivity index (χ2n) is 5.38. The quantitative estimate of drug-likeness (QED) is 0.767. The van der Waals surface area contributed by atoms with Gasteiger partial charge in [-0.3, -0.25) is 0 Å². The molecular formula is C17H18N2O. The van der Waals surface area contributed by atoms with E-state index in [1.165, 1.54) is 11.1 Å². The van der Waals surface area contributed by atoms with Crippen molar-refractivity contribution in [2.24, 2.45) is 5.73 Å². The Kier molecular flexibility index (Phi) is 3.07. The van der Waals surface area contributed by atoms with Crippen LogP contribution >= 0.6 is 0 Å². The Labute approximate surface area is 118 Å². The van der Waals surface area contributed by atoms with Crippen molar-refractivity contribution in [2.45, 2.75) is 26.8 Å². The van der Waals surface area contributed by atoms with Crippen LogP contribution in [-0.2, 0) is 0 Å².